The first-order chi connectivity index (χ1) is 11.8. The number of nitrogens with one attached hydrogen (secondary N) is 2. The molecule has 1 aromatic carbocycles. The van der Waals surface area contributed by atoms with Gasteiger partial charge in [0.05, 0.1) is 12.5 Å². The summed E-state index contributed by atoms with van der Waals surface area (Å²) >= 11 is 0. The summed E-state index contributed by atoms with van der Waals surface area (Å²) in [4.78, 5) is 22.8. The van der Waals surface area contributed by atoms with Gasteiger partial charge in [-0.3, -0.25) is 9.52 Å². The Hall–Kier alpha value is -3.14. The van der Waals surface area contributed by atoms with Crippen LogP contribution >= 0.6 is 0 Å². The predicted molar refractivity (Wildman–Crippen MR) is 90.4 cm³/mol. The average Bonchev–Trinajstić information content (AvgIpc) is 3.12. The van der Waals surface area contributed by atoms with Gasteiger partial charge in [0.15, 0.2) is 0 Å². The first-order valence-electron chi connectivity index (χ1n) is 7.15. The molecule has 130 valence electrons. The van der Waals surface area contributed by atoms with Crippen LogP contribution in [-0.4, -0.2) is 44.4 Å². The summed E-state index contributed by atoms with van der Waals surface area (Å²) in [6.07, 6.45) is 2.34. The van der Waals surface area contributed by atoms with E-state index < -0.39 is 22.0 Å². The molecule has 0 radical (unpaired) electrons. The van der Waals surface area contributed by atoms with Gasteiger partial charge < -0.3 is 9.73 Å². The van der Waals surface area contributed by atoms with Crippen molar-refractivity contribution >= 4 is 33.9 Å². The maximum Gasteiger partial charge on any atom is 0.345 e. The van der Waals surface area contributed by atoms with Crippen LogP contribution in [0.25, 0.3) is 11.3 Å². The number of amides is 3. The maximum absolute atomic E-state index is 11.4. The van der Waals surface area contributed by atoms with Crippen LogP contribution in [0.1, 0.15) is 5.76 Å². The number of benzene rings is 1. The molecule has 0 aliphatic carbocycles. The van der Waals surface area contributed by atoms with E-state index in [0.717, 1.165) is 16.8 Å². The Kier molecular flexibility index (Phi) is 4.28. The van der Waals surface area contributed by atoms with Gasteiger partial charge in [0.25, 0.3) is 5.91 Å². The number of anilines is 1. The lowest BCUT2D eigenvalue weighted by atomic mass is 10.1. The smallest absolute Gasteiger partial charge is 0.345 e. The fourth-order valence-corrected chi connectivity index (χ4v) is 2.70. The van der Waals surface area contributed by atoms with Gasteiger partial charge in [-0.05, 0) is 36.4 Å². The van der Waals surface area contributed by atoms with Crippen molar-refractivity contribution in [1.29, 1.82) is 0 Å². The Bertz CT molecular complexity index is 931. The van der Waals surface area contributed by atoms with Crippen LogP contribution < -0.4 is 10.0 Å². The van der Waals surface area contributed by atoms with Crippen LogP contribution in [0.4, 0.5) is 10.5 Å². The highest BCUT2D eigenvalue weighted by molar-refractivity contribution is 7.92. The summed E-state index contributed by atoms with van der Waals surface area (Å²) in [6, 6.07) is 9.38. The van der Waals surface area contributed by atoms with E-state index in [1.54, 1.807) is 36.4 Å². The van der Waals surface area contributed by atoms with Crippen molar-refractivity contribution < 1.29 is 22.4 Å². The van der Waals surface area contributed by atoms with Gasteiger partial charge in [-0.15, -0.1) is 5.01 Å². The molecule has 25 heavy (non-hydrogen) atoms. The lowest BCUT2D eigenvalue weighted by Crippen LogP contribution is -2.25. The molecule has 1 fully saturated rings. The highest BCUT2D eigenvalue weighted by atomic mass is 32.2. The molecule has 1 aromatic heterocycles. The quantitative estimate of drug-likeness (QED) is 0.611. The van der Waals surface area contributed by atoms with E-state index in [-0.39, 0.29) is 6.54 Å². The zero-order valence-corrected chi connectivity index (χ0v) is 13.9. The standard InChI is InChI=1S/C15H14N4O5S/c1-25(22,23)18-11-4-2-10(3-5-11)13-7-6-12(24-13)8-17-19-14(20)9-16-15(19)21/h2-8,18H,9H2,1H3,(H,16,21). The molecule has 0 bridgehead atoms. The van der Waals surface area contributed by atoms with E-state index in [1.807, 2.05) is 0 Å². The average molecular weight is 362 g/mol. The fourth-order valence-electron chi connectivity index (χ4n) is 2.14. The molecule has 1 aliphatic heterocycles. The summed E-state index contributed by atoms with van der Waals surface area (Å²) in [7, 11) is -3.33. The van der Waals surface area contributed by atoms with Crippen molar-refractivity contribution in [1.82, 2.24) is 10.3 Å². The molecule has 3 amide bonds. The Morgan fingerprint density at radius 3 is 2.52 bits per heavy atom. The number of hydrazone groups is 1. The third-order valence-corrected chi connectivity index (χ3v) is 3.83. The highest BCUT2D eigenvalue weighted by Gasteiger charge is 2.27. The lowest BCUT2D eigenvalue weighted by Gasteiger charge is -2.04. The molecule has 0 saturated carbocycles. The van der Waals surface area contributed by atoms with Crippen LogP contribution in [0.5, 0.6) is 0 Å². The third kappa shape index (κ3) is 4.04. The zero-order chi connectivity index (χ0) is 18.0. The molecule has 1 aliphatic rings. The van der Waals surface area contributed by atoms with Gasteiger partial charge in [0, 0.05) is 11.3 Å². The number of hydrogen-bond acceptors (Lipinski definition) is 6. The molecule has 2 heterocycles. The van der Waals surface area contributed by atoms with E-state index in [9.17, 15) is 18.0 Å². The van der Waals surface area contributed by atoms with Gasteiger partial charge in [-0.1, -0.05) is 0 Å². The second-order valence-electron chi connectivity index (χ2n) is 5.26. The minimum absolute atomic E-state index is 0.0760. The van der Waals surface area contributed by atoms with Crippen LogP contribution in [0.15, 0.2) is 45.9 Å². The molecule has 0 spiro atoms. The van der Waals surface area contributed by atoms with Gasteiger partial charge in [-0.25, -0.2) is 13.2 Å². The number of sulfonamides is 1. The number of nitrogens with zero attached hydrogens (tertiary/aromatic N) is 2. The number of hydrogen-bond donors (Lipinski definition) is 2. The Morgan fingerprint density at radius 2 is 1.92 bits per heavy atom. The van der Waals surface area contributed by atoms with Crippen molar-refractivity contribution in [3.8, 4) is 11.3 Å². The minimum atomic E-state index is -3.33. The first-order valence-corrected chi connectivity index (χ1v) is 9.04. The van der Waals surface area contributed by atoms with E-state index in [4.69, 9.17) is 4.42 Å². The number of urea groups is 1. The predicted octanol–water partition coefficient (Wildman–Crippen LogP) is 1.20. The van der Waals surface area contributed by atoms with Crippen LogP contribution in [0.2, 0.25) is 0 Å². The van der Waals surface area contributed by atoms with Gasteiger partial charge >= 0.3 is 6.03 Å². The summed E-state index contributed by atoms with van der Waals surface area (Å²) in [5, 5.41) is 6.88. The van der Waals surface area contributed by atoms with Crippen LogP contribution in [0.3, 0.4) is 0 Å². The Balaban J connectivity index is 1.73. The van der Waals surface area contributed by atoms with Gasteiger partial charge in [0.1, 0.15) is 18.1 Å². The molecule has 3 rings (SSSR count). The van der Waals surface area contributed by atoms with Gasteiger partial charge in [-0.2, -0.15) is 5.10 Å². The van der Waals surface area contributed by atoms with Crippen molar-refractivity contribution in [2.45, 2.75) is 0 Å². The summed E-state index contributed by atoms with van der Waals surface area (Å²) in [6.45, 7) is -0.0760. The largest absolute Gasteiger partial charge is 0.455 e. The minimum Gasteiger partial charge on any atom is -0.455 e. The number of carbonyl (C=O) groups excluding carboxylic acids is 2. The molecule has 0 atom stereocenters. The Morgan fingerprint density at radius 1 is 1.20 bits per heavy atom. The van der Waals surface area contributed by atoms with E-state index in [1.165, 1.54) is 6.21 Å². The van der Waals surface area contributed by atoms with Crippen molar-refractivity contribution in [3.63, 3.8) is 0 Å². The number of furan rings is 1. The Labute approximate surface area is 143 Å². The first kappa shape index (κ1) is 16.7. The summed E-state index contributed by atoms with van der Waals surface area (Å²) < 4.78 is 30.3. The topological polar surface area (TPSA) is 121 Å². The van der Waals surface area contributed by atoms with E-state index in [0.29, 0.717) is 17.2 Å². The summed E-state index contributed by atoms with van der Waals surface area (Å²) in [5.41, 5.74) is 1.17. The molecule has 10 heteroatoms. The fraction of sp³-hybridized carbons (Fsp3) is 0.133. The van der Waals surface area contributed by atoms with E-state index in [2.05, 4.69) is 15.1 Å². The molecule has 0 unspecified atom stereocenters. The SMILES string of the molecule is CS(=O)(=O)Nc1ccc(-c2ccc(C=NN3C(=O)CNC3=O)o2)cc1. The molecule has 2 aromatic rings. The zero-order valence-electron chi connectivity index (χ0n) is 13.1. The second kappa shape index (κ2) is 6.40. The third-order valence-electron chi connectivity index (χ3n) is 3.22. The maximum atomic E-state index is 11.4. The molecule has 2 N–H and O–H groups in total. The molecular weight excluding hydrogens is 348 g/mol. The van der Waals surface area contributed by atoms with E-state index >= 15 is 0 Å². The molecule has 9 nitrogen and oxygen atoms in total. The highest BCUT2D eigenvalue weighted by Crippen LogP contribution is 2.23. The van der Waals surface area contributed by atoms with Crippen molar-refractivity contribution in [3.05, 3.63) is 42.2 Å². The van der Waals surface area contributed by atoms with Gasteiger partial charge in [0.2, 0.25) is 10.0 Å². The van der Waals surface area contributed by atoms with Crippen LogP contribution in [0, 0.1) is 0 Å². The molecule has 1 saturated heterocycles. The lowest BCUT2D eigenvalue weighted by molar-refractivity contribution is -0.124. The number of imide groups is 1. The van der Waals surface area contributed by atoms with Crippen molar-refractivity contribution in [2.24, 2.45) is 5.10 Å². The van der Waals surface area contributed by atoms with Crippen LogP contribution in [-0.2, 0) is 14.8 Å². The normalized spacial score (nSPS) is 15.0. The van der Waals surface area contributed by atoms with Crippen molar-refractivity contribution in [2.75, 3.05) is 17.5 Å². The second-order valence-corrected chi connectivity index (χ2v) is 7.01. The monoisotopic (exact) mass is 362 g/mol. The number of rotatable bonds is 5. The molecular formula is C15H14N4O5S. The number of carbonyl (C=O) groups is 2. The summed E-state index contributed by atoms with van der Waals surface area (Å²) in [5.74, 6) is 0.451.